The molecule has 0 aromatic heterocycles. The highest BCUT2D eigenvalue weighted by molar-refractivity contribution is 6.33. The molecule has 1 saturated heterocycles. The Balaban J connectivity index is 0.000000432. The standard InChI is InChI=1S/C20H28ClF2N3O2.C4H6O6/c1-19(2,22)12-26-7-5-20(23,6-8-26)11-25-18(27)14-10-15(21)16(24)13-4-3-9-28-17(13)14;5-1(3(7)8)2(6)4(9)10/h10H,3-9,11-12,24H2,1-2H3,(H,25,27);1-2,5-6H,(H,7,8)(H,9,10)/t;1-,2-/m.1/s1. The van der Waals surface area contributed by atoms with E-state index in [1.165, 1.54) is 19.9 Å². The number of rotatable bonds is 8. The predicted octanol–water partition coefficient (Wildman–Crippen LogP) is 1.41. The van der Waals surface area contributed by atoms with Crippen LogP contribution in [0.25, 0.3) is 0 Å². The molecule has 3 rings (SSSR count). The van der Waals surface area contributed by atoms with E-state index in [0.717, 1.165) is 12.0 Å². The minimum atomic E-state index is -2.27. The van der Waals surface area contributed by atoms with Crippen LogP contribution in [0, 0.1) is 0 Å². The van der Waals surface area contributed by atoms with Gasteiger partial charge in [-0.2, -0.15) is 0 Å². The van der Waals surface area contributed by atoms with Crippen LogP contribution < -0.4 is 15.8 Å². The number of piperidine rings is 1. The Labute approximate surface area is 223 Å². The van der Waals surface area contributed by atoms with E-state index in [-0.39, 0.29) is 31.5 Å². The first-order chi connectivity index (χ1) is 17.5. The predicted molar refractivity (Wildman–Crippen MR) is 134 cm³/mol. The van der Waals surface area contributed by atoms with Gasteiger partial charge in [0.05, 0.1) is 29.4 Å². The summed E-state index contributed by atoms with van der Waals surface area (Å²) in [6.07, 6.45) is -2.54. The first kappa shape index (κ1) is 31.5. The maximum Gasteiger partial charge on any atom is 0.335 e. The molecular formula is C24H34ClF2N3O8. The average Bonchev–Trinajstić information content (AvgIpc) is 2.85. The van der Waals surface area contributed by atoms with Gasteiger partial charge in [0, 0.05) is 25.2 Å². The molecule has 214 valence electrons. The number of fused-ring (bicyclic) bond motifs is 1. The number of nitrogen functional groups attached to an aromatic ring is 1. The number of carboxylic acid groups (broad SMARTS) is 2. The summed E-state index contributed by atoms with van der Waals surface area (Å²) in [5, 5.41) is 35.5. The van der Waals surface area contributed by atoms with Gasteiger partial charge < -0.3 is 36.2 Å². The van der Waals surface area contributed by atoms with E-state index in [1.807, 2.05) is 4.90 Å². The Hall–Kier alpha value is -2.74. The number of nitrogens with two attached hydrogens (primary N) is 1. The number of carbonyl (C=O) groups excluding carboxylic acids is 1. The van der Waals surface area contributed by atoms with E-state index in [0.29, 0.717) is 42.6 Å². The first-order valence-corrected chi connectivity index (χ1v) is 12.4. The fraction of sp³-hybridized carbons (Fsp3) is 0.625. The molecule has 14 heteroatoms. The number of likely N-dealkylation sites (tertiary alicyclic amines) is 1. The number of aliphatic hydroxyl groups is 2. The van der Waals surface area contributed by atoms with Crippen LogP contribution in [0.15, 0.2) is 6.07 Å². The Kier molecular flexibility index (Phi) is 10.7. The summed E-state index contributed by atoms with van der Waals surface area (Å²) >= 11 is 6.17. The van der Waals surface area contributed by atoms with Gasteiger partial charge in [0.1, 0.15) is 17.1 Å². The summed E-state index contributed by atoms with van der Waals surface area (Å²) in [5.74, 6) is -3.52. The van der Waals surface area contributed by atoms with Crippen molar-refractivity contribution in [2.24, 2.45) is 0 Å². The molecule has 0 radical (unpaired) electrons. The molecule has 1 amide bonds. The van der Waals surface area contributed by atoms with Crippen LogP contribution in [0.5, 0.6) is 5.75 Å². The molecule has 0 saturated carbocycles. The zero-order valence-electron chi connectivity index (χ0n) is 21.2. The third-order valence-corrected chi connectivity index (χ3v) is 6.47. The van der Waals surface area contributed by atoms with Crippen LogP contribution in [-0.4, -0.2) is 99.5 Å². The van der Waals surface area contributed by atoms with Crippen molar-refractivity contribution in [3.63, 3.8) is 0 Å². The summed E-state index contributed by atoms with van der Waals surface area (Å²) in [4.78, 5) is 34.2. The fourth-order valence-corrected chi connectivity index (χ4v) is 4.35. The number of aliphatic carboxylic acids is 2. The summed E-state index contributed by atoms with van der Waals surface area (Å²) in [5.41, 5.74) is 4.64. The van der Waals surface area contributed by atoms with Crippen LogP contribution in [0.2, 0.25) is 5.02 Å². The number of benzene rings is 1. The highest BCUT2D eigenvalue weighted by Crippen LogP contribution is 2.38. The van der Waals surface area contributed by atoms with Crippen molar-refractivity contribution in [3.8, 4) is 5.75 Å². The number of hydrogen-bond donors (Lipinski definition) is 6. The van der Waals surface area contributed by atoms with Gasteiger partial charge in [0.2, 0.25) is 0 Å². The van der Waals surface area contributed by atoms with Crippen LogP contribution in [0.3, 0.4) is 0 Å². The summed E-state index contributed by atoms with van der Waals surface area (Å²) in [7, 11) is 0. The second-order valence-electron chi connectivity index (χ2n) is 9.97. The van der Waals surface area contributed by atoms with E-state index < -0.39 is 41.4 Å². The number of nitrogens with one attached hydrogen (secondary N) is 1. The lowest BCUT2D eigenvalue weighted by molar-refractivity contribution is -0.165. The Morgan fingerprint density at radius 3 is 2.26 bits per heavy atom. The van der Waals surface area contributed by atoms with Crippen LogP contribution in [0.1, 0.15) is 49.0 Å². The van der Waals surface area contributed by atoms with Gasteiger partial charge in [-0.25, -0.2) is 18.4 Å². The molecule has 38 heavy (non-hydrogen) atoms. The minimum absolute atomic E-state index is 0.102. The Morgan fingerprint density at radius 1 is 1.21 bits per heavy atom. The quantitative estimate of drug-likeness (QED) is 0.252. The van der Waals surface area contributed by atoms with Gasteiger partial charge in [-0.1, -0.05) is 11.6 Å². The van der Waals surface area contributed by atoms with Gasteiger partial charge in [0.15, 0.2) is 12.2 Å². The van der Waals surface area contributed by atoms with E-state index in [4.69, 9.17) is 42.5 Å². The van der Waals surface area contributed by atoms with Gasteiger partial charge in [0.25, 0.3) is 5.91 Å². The zero-order chi connectivity index (χ0) is 28.8. The Bertz CT molecular complexity index is 1010. The molecule has 11 nitrogen and oxygen atoms in total. The molecule has 2 aliphatic heterocycles. The molecule has 1 aromatic rings. The lowest BCUT2D eigenvalue weighted by Gasteiger charge is -2.38. The normalized spacial score (nSPS) is 18.6. The molecule has 7 N–H and O–H groups in total. The second-order valence-corrected chi connectivity index (χ2v) is 10.4. The molecular weight excluding hydrogens is 532 g/mol. The summed E-state index contributed by atoms with van der Waals surface area (Å²) < 4.78 is 34.6. The lowest BCUT2D eigenvalue weighted by atomic mass is 9.92. The largest absolute Gasteiger partial charge is 0.492 e. The number of anilines is 1. The molecule has 2 aliphatic rings. The van der Waals surface area contributed by atoms with E-state index >= 15 is 4.39 Å². The topological polar surface area (TPSA) is 183 Å². The molecule has 1 fully saturated rings. The SMILES string of the molecule is CC(C)(F)CN1CCC(F)(CNC(=O)c2cc(Cl)c(N)c3c2OCCC3)CC1.O=C(O)[C@H](O)[C@@H](O)C(=O)O. The van der Waals surface area contributed by atoms with Gasteiger partial charge >= 0.3 is 11.9 Å². The number of alkyl halides is 2. The van der Waals surface area contributed by atoms with Crippen LogP contribution in [-0.2, 0) is 16.0 Å². The second kappa shape index (κ2) is 12.9. The number of nitrogens with zero attached hydrogens (tertiary/aromatic N) is 1. The van der Waals surface area contributed by atoms with Gasteiger partial charge in [-0.05, 0) is 45.6 Å². The van der Waals surface area contributed by atoms with Crippen molar-refractivity contribution in [2.45, 2.75) is 63.1 Å². The molecule has 0 bridgehead atoms. The lowest BCUT2D eigenvalue weighted by Crippen LogP contribution is -2.50. The number of aliphatic hydroxyl groups excluding tert-OH is 2. The fourth-order valence-electron chi connectivity index (χ4n) is 4.13. The number of ether oxygens (including phenoxy) is 1. The monoisotopic (exact) mass is 565 g/mol. The van der Waals surface area contributed by atoms with Crippen molar-refractivity contribution in [3.05, 3.63) is 22.2 Å². The molecule has 0 aliphatic carbocycles. The summed E-state index contributed by atoms with van der Waals surface area (Å²) in [6.45, 7) is 4.65. The van der Waals surface area contributed by atoms with Crippen molar-refractivity contribution < 1.29 is 48.3 Å². The van der Waals surface area contributed by atoms with E-state index in [9.17, 15) is 18.8 Å². The average molecular weight is 566 g/mol. The van der Waals surface area contributed by atoms with E-state index in [1.54, 1.807) is 0 Å². The number of carboxylic acids is 2. The highest BCUT2D eigenvalue weighted by atomic mass is 35.5. The first-order valence-electron chi connectivity index (χ1n) is 12.0. The van der Waals surface area contributed by atoms with Crippen LogP contribution >= 0.6 is 11.6 Å². The number of carbonyl (C=O) groups is 3. The highest BCUT2D eigenvalue weighted by Gasteiger charge is 2.37. The van der Waals surface area contributed by atoms with Crippen molar-refractivity contribution in [1.82, 2.24) is 10.2 Å². The third kappa shape index (κ3) is 8.65. The molecule has 1 aromatic carbocycles. The molecule has 2 atom stereocenters. The van der Waals surface area contributed by atoms with Crippen molar-refractivity contribution in [2.75, 3.05) is 38.5 Å². The molecule has 0 unspecified atom stereocenters. The van der Waals surface area contributed by atoms with Crippen LogP contribution in [0.4, 0.5) is 14.5 Å². The van der Waals surface area contributed by atoms with Gasteiger partial charge in [-0.3, -0.25) is 9.69 Å². The zero-order valence-corrected chi connectivity index (χ0v) is 21.9. The molecule has 2 heterocycles. The van der Waals surface area contributed by atoms with E-state index in [2.05, 4.69) is 5.32 Å². The molecule has 0 spiro atoms. The smallest absolute Gasteiger partial charge is 0.335 e. The number of hydrogen-bond acceptors (Lipinski definition) is 8. The maximum absolute atomic E-state index is 15.1. The number of halogens is 3. The van der Waals surface area contributed by atoms with Crippen molar-refractivity contribution >= 4 is 35.1 Å². The third-order valence-electron chi connectivity index (χ3n) is 6.16. The van der Waals surface area contributed by atoms with Crippen molar-refractivity contribution in [1.29, 1.82) is 0 Å². The van der Waals surface area contributed by atoms with Gasteiger partial charge in [-0.15, -0.1) is 0 Å². The summed E-state index contributed by atoms with van der Waals surface area (Å²) in [6, 6.07) is 1.48. The maximum atomic E-state index is 15.1. The minimum Gasteiger partial charge on any atom is -0.492 e. The Morgan fingerprint density at radius 2 is 1.76 bits per heavy atom. The number of amides is 1.